The Balaban J connectivity index is 1.60. The normalized spacial score (nSPS) is 12.2. The van der Waals surface area contributed by atoms with Gasteiger partial charge in [0.25, 0.3) is 5.91 Å². The molecule has 1 atom stereocenters. The van der Waals surface area contributed by atoms with E-state index in [0.29, 0.717) is 4.88 Å². The zero-order valence-electron chi connectivity index (χ0n) is 14.6. The van der Waals surface area contributed by atoms with Gasteiger partial charge in [-0.05, 0) is 51.8 Å². The van der Waals surface area contributed by atoms with Crippen LogP contribution in [0, 0.1) is 5.82 Å². The molecule has 28 heavy (non-hydrogen) atoms. The highest BCUT2D eigenvalue weighted by atomic mass is 79.9. The second-order valence-corrected chi connectivity index (χ2v) is 8.11. The standard InChI is InChI=1S/C20H16BrFN4OS/c21-15-8-17(20(27)26-16(9-23)11-3-5-12(22)6-4-11)28-18(15)14-10-25-19-13(14)2-1-7-24-19/h1-8,10,16H,9,23H2,(H,24,25)(H,26,27). The third-order valence-electron chi connectivity index (χ3n) is 4.42. The van der Waals surface area contributed by atoms with Crippen molar-refractivity contribution in [3.05, 3.63) is 75.6 Å². The third kappa shape index (κ3) is 3.58. The first-order valence-electron chi connectivity index (χ1n) is 8.55. The van der Waals surface area contributed by atoms with Crippen LogP contribution in [0.1, 0.15) is 21.3 Å². The van der Waals surface area contributed by atoms with Crippen LogP contribution in [-0.4, -0.2) is 22.4 Å². The van der Waals surface area contributed by atoms with Crippen LogP contribution in [0.15, 0.2) is 59.3 Å². The molecule has 0 radical (unpaired) electrons. The second-order valence-electron chi connectivity index (χ2n) is 6.20. The van der Waals surface area contributed by atoms with Crippen LogP contribution in [0.4, 0.5) is 4.39 Å². The number of carbonyl (C=O) groups is 1. The molecule has 8 heteroatoms. The SMILES string of the molecule is NCC(NC(=O)c1cc(Br)c(-c2c[nH]c3ncccc23)s1)c1ccc(F)cc1. The summed E-state index contributed by atoms with van der Waals surface area (Å²) in [6, 6.07) is 11.2. The maximum atomic E-state index is 13.1. The lowest BCUT2D eigenvalue weighted by Crippen LogP contribution is -2.32. The van der Waals surface area contributed by atoms with E-state index in [2.05, 4.69) is 31.2 Å². The number of nitrogens with zero attached hydrogens (tertiary/aromatic N) is 1. The Kier molecular flexibility index (Phi) is 5.25. The van der Waals surface area contributed by atoms with Crippen LogP contribution in [0.25, 0.3) is 21.5 Å². The second kappa shape index (κ2) is 7.83. The first-order valence-corrected chi connectivity index (χ1v) is 10.2. The molecular weight excluding hydrogens is 443 g/mol. The van der Waals surface area contributed by atoms with Crippen molar-refractivity contribution >= 4 is 44.2 Å². The predicted molar refractivity (Wildman–Crippen MR) is 113 cm³/mol. The highest BCUT2D eigenvalue weighted by molar-refractivity contribution is 9.10. The number of aromatic nitrogens is 2. The molecule has 1 unspecified atom stereocenters. The Bertz CT molecular complexity index is 1140. The highest BCUT2D eigenvalue weighted by Crippen LogP contribution is 2.39. The summed E-state index contributed by atoms with van der Waals surface area (Å²) in [5, 5.41) is 3.91. The number of benzene rings is 1. The van der Waals surface area contributed by atoms with Crippen molar-refractivity contribution < 1.29 is 9.18 Å². The van der Waals surface area contributed by atoms with E-state index < -0.39 is 6.04 Å². The Labute approximate surface area is 172 Å². The Morgan fingerprint density at radius 3 is 2.86 bits per heavy atom. The van der Waals surface area contributed by atoms with Gasteiger partial charge in [-0.3, -0.25) is 4.79 Å². The highest BCUT2D eigenvalue weighted by Gasteiger charge is 2.20. The number of fused-ring (bicyclic) bond motifs is 1. The van der Waals surface area contributed by atoms with Crippen molar-refractivity contribution in [1.82, 2.24) is 15.3 Å². The van der Waals surface area contributed by atoms with E-state index in [1.807, 2.05) is 18.3 Å². The van der Waals surface area contributed by atoms with Crippen molar-refractivity contribution in [3.63, 3.8) is 0 Å². The summed E-state index contributed by atoms with van der Waals surface area (Å²) in [5.41, 5.74) is 8.35. The summed E-state index contributed by atoms with van der Waals surface area (Å²) in [4.78, 5) is 21.7. The van der Waals surface area contributed by atoms with Gasteiger partial charge in [0.15, 0.2) is 0 Å². The van der Waals surface area contributed by atoms with Gasteiger partial charge in [-0.25, -0.2) is 9.37 Å². The van der Waals surface area contributed by atoms with Gasteiger partial charge in [-0.1, -0.05) is 12.1 Å². The Morgan fingerprint density at radius 1 is 1.32 bits per heavy atom. The number of pyridine rings is 1. The number of hydrogen-bond acceptors (Lipinski definition) is 4. The lowest BCUT2D eigenvalue weighted by Gasteiger charge is -2.16. The molecular formula is C20H16BrFN4OS. The minimum atomic E-state index is -0.394. The Morgan fingerprint density at radius 2 is 2.11 bits per heavy atom. The number of carbonyl (C=O) groups excluding carboxylic acids is 1. The number of rotatable bonds is 5. The zero-order valence-corrected chi connectivity index (χ0v) is 17.0. The lowest BCUT2D eigenvalue weighted by atomic mass is 10.1. The van der Waals surface area contributed by atoms with Crippen molar-refractivity contribution in [2.45, 2.75) is 6.04 Å². The van der Waals surface area contributed by atoms with E-state index in [4.69, 9.17) is 5.73 Å². The van der Waals surface area contributed by atoms with Crippen LogP contribution >= 0.6 is 27.3 Å². The summed E-state index contributed by atoms with van der Waals surface area (Å²) < 4.78 is 14.0. The molecule has 0 fully saturated rings. The molecule has 142 valence electrons. The molecule has 4 rings (SSSR count). The van der Waals surface area contributed by atoms with Gasteiger partial charge in [0.2, 0.25) is 0 Å². The Hall–Kier alpha value is -2.55. The van der Waals surface area contributed by atoms with E-state index in [9.17, 15) is 9.18 Å². The fourth-order valence-corrected chi connectivity index (χ4v) is 4.83. The number of aromatic amines is 1. The maximum absolute atomic E-state index is 13.1. The van der Waals surface area contributed by atoms with E-state index in [1.165, 1.54) is 23.5 Å². The number of nitrogens with two attached hydrogens (primary N) is 1. The summed E-state index contributed by atoms with van der Waals surface area (Å²) in [6.07, 6.45) is 3.62. The zero-order chi connectivity index (χ0) is 19.7. The van der Waals surface area contributed by atoms with E-state index >= 15 is 0 Å². The minimum Gasteiger partial charge on any atom is -0.345 e. The van der Waals surface area contributed by atoms with Gasteiger partial charge < -0.3 is 16.0 Å². The number of hydrogen-bond donors (Lipinski definition) is 3. The van der Waals surface area contributed by atoms with Crippen molar-refractivity contribution in [2.75, 3.05) is 6.54 Å². The number of nitrogens with one attached hydrogen (secondary N) is 2. The monoisotopic (exact) mass is 458 g/mol. The molecule has 0 saturated heterocycles. The van der Waals surface area contributed by atoms with Gasteiger partial charge in [-0.15, -0.1) is 11.3 Å². The first-order chi connectivity index (χ1) is 13.6. The molecule has 0 bridgehead atoms. The van der Waals surface area contributed by atoms with Crippen LogP contribution in [0.5, 0.6) is 0 Å². The van der Waals surface area contributed by atoms with Crippen LogP contribution in [0.2, 0.25) is 0 Å². The van der Waals surface area contributed by atoms with E-state index in [1.54, 1.807) is 24.4 Å². The van der Waals surface area contributed by atoms with Gasteiger partial charge >= 0.3 is 0 Å². The average molecular weight is 459 g/mol. The molecule has 3 heterocycles. The largest absolute Gasteiger partial charge is 0.345 e. The number of H-pyrrole nitrogens is 1. The number of halogens is 2. The molecule has 4 aromatic rings. The lowest BCUT2D eigenvalue weighted by molar-refractivity contribution is 0.0942. The van der Waals surface area contributed by atoms with Gasteiger partial charge in [0.1, 0.15) is 11.5 Å². The maximum Gasteiger partial charge on any atom is 0.261 e. The summed E-state index contributed by atoms with van der Waals surface area (Å²) in [7, 11) is 0. The quantitative estimate of drug-likeness (QED) is 0.407. The molecule has 1 aromatic carbocycles. The third-order valence-corrected chi connectivity index (χ3v) is 6.47. The molecule has 4 N–H and O–H groups in total. The molecule has 0 aliphatic heterocycles. The smallest absolute Gasteiger partial charge is 0.261 e. The van der Waals surface area contributed by atoms with Crippen molar-refractivity contribution in [3.8, 4) is 10.4 Å². The van der Waals surface area contributed by atoms with Gasteiger partial charge in [-0.2, -0.15) is 0 Å². The summed E-state index contributed by atoms with van der Waals surface area (Å²) in [5.74, 6) is -0.555. The minimum absolute atomic E-state index is 0.213. The molecule has 1 amide bonds. The van der Waals surface area contributed by atoms with Crippen molar-refractivity contribution in [1.29, 1.82) is 0 Å². The van der Waals surface area contributed by atoms with Crippen molar-refractivity contribution in [2.24, 2.45) is 5.73 Å². The fraction of sp³-hybridized carbons (Fsp3) is 0.100. The van der Waals surface area contributed by atoms with Crippen LogP contribution in [0.3, 0.4) is 0 Å². The average Bonchev–Trinajstić information content (AvgIpc) is 3.30. The first kappa shape index (κ1) is 18.8. The van der Waals surface area contributed by atoms with Crippen LogP contribution < -0.4 is 11.1 Å². The fourth-order valence-electron chi connectivity index (χ4n) is 3.01. The number of amides is 1. The molecule has 3 aromatic heterocycles. The summed E-state index contributed by atoms with van der Waals surface area (Å²) in [6.45, 7) is 0.213. The molecule has 0 saturated carbocycles. The van der Waals surface area contributed by atoms with E-state index in [-0.39, 0.29) is 18.3 Å². The topological polar surface area (TPSA) is 83.8 Å². The molecule has 0 aliphatic rings. The predicted octanol–water partition coefficient (Wildman–Crippen LogP) is 4.62. The van der Waals surface area contributed by atoms with Gasteiger partial charge in [0.05, 0.1) is 15.8 Å². The van der Waals surface area contributed by atoms with Crippen LogP contribution in [-0.2, 0) is 0 Å². The molecule has 0 aliphatic carbocycles. The van der Waals surface area contributed by atoms with E-state index in [0.717, 1.165) is 31.5 Å². The molecule has 0 spiro atoms. The number of thiophene rings is 1. The molecule has 5 nitrogen and oxygen atoms in total. The summed E-state index contributed by atoms with van der Waals surface area (Å²) >= 11 is 4.94. The van der Waals surface area contributed by atoms with Gasteiger partial charge in [0, 0.05) is 34.4 Å².